The van der Waals surface area contributed by atoms with Crippen LogP contribution in [0.2, 0.25) is 0 Å². The zero-order valence-electron chi connectivity index (χ0n) is 17.9. The molecule has 0 aliphatic carbocycles. The fraction of sp³-hybridized carbons (Fsp3) is 0.308. The molecule has 3 aromatic rings. The summed E-state index contributed by atoms with van der Waals surface area (Å²) < 4.78 is 0.281. The zero-order chi connectivity index (χ0) is 21.3. The number of hydrogen-bond donors (Lipinski definition) is 0. The normalized spacial score (nSPS) is 21.5. The van der Waals surface area contributed by atoms with E-state index in [9.17, 15) is 0 Å². The van der Waals surface area contributed by atoms with Gasteiger partial charge in [0.1, 0.15) is 0 Å². The number of hydrogen-bond acceptors (Lipinski definition) is 2. The molecule has 0 unspecified atom stereocenters. The van der Waals surface area contributed by atoms with E-state index in [1.165, 1.54) is 15.9 Å². The molecular weight excluding hydrogens is 443 g/mol. The van der Waals surface area contributed by atoms with Crippen molar-refractivity contribution in [1.29, 1.82) is 0 Å². The first kappa shape index (κ1) is 22.3. The molecule has 1 fully saturated rings. The molecule has 0 atom stereocenters. The Morgan fingerprint density at radius 1 is 0.667 bits per heavy atom. The van der Waals surface area contributed by atoms with Gasteiger partial charge in [-0.05, 0) is 0 Å². The van der Waals surface area contributed by atoms with E-state index in [1.54, 1.807) is 0 Å². The Hall–Kier alpha value is -0.920. The molecule has 0 spiro atoms. The van der Waals surface area contributed by atoms with E-state index in [1.807, 2.05) is 0 Å². The van der Waals surface area contributed by atoms with Gasteiger partial charge in [-0.15, -0.1) is 0 Å². The third kappa shape index (κ3) is 3.65. The molecule has 0 amide bonds. The van der Waals surface area contributed by atoms with E-state index in [0.29, 0.717) is 11.3 Å². The molecule has 0 saturated carbocycles. The van der Waals surface area contributed by atoms with Gasteiger partial charge < -0.3 is 0 Å². The van der Waals surface area contributed by atoms with Gasteiger partial charge in [0, 0.05) is 0 Å². The Labute approximate surface area is 194 Å². The van der Waals surface area contributed by atoms with Gasteiger partial charge in [-0.1, -0.05) is 0 Å². The maximum atomic E-state index is 8.30. The van der Waals surface area contributed by atoms with Gasteiger partial charge in [-0.2, -0.15) is 0 Å². The summed E-state index contributed by atoms with van der Waals surface area (Å²) in [5.41, 5.74) is 0.319. The fourth-order valence-corrected chi connectivity index (χ4v) is 18.1. The van der Waals surface area contributed by atoms with E-state index >= 15 is 0 Å². The molecule has 1 heterocycles. The predicted octanol–water partition coefficient (Wildman–Crippen LogP) is 7.10. The third-order valence-electron chi connectivity index (χ3n) is 6.28. The van der Waals surface area contributed by atoms with E-state index in [0.717, 1.165) is 11.5 Å². The van der Waals surface area contributed by atoms with Crippen LogP contribution in [0, 0.1) is 11.3 Å². The Bertz CT molecular complexity index is 863. The Morgan fingerprint density at radius 2 is 1.00 bits per heavy atom. The van der Waals surface area contributed by atoms with Crippen LogP contribution in [0.4, 0.5) is 0 Å². The minimum atomic E-state index is -3.23. The molecule has 0 nitrogen and oxygen atoms in total. The summed E-state index contributed by atoms with van der Waals surface area (Å²) in [6.45, 7) is 7.10. The van der Waals surface area contributed by atoms with Crippen LogP contribution in [0.5, 0.6) is 0 Å². The summed E-state index contributed by atoms with van der Waals surface area (Å²) >= 11 is 12.5. The van der Waals surface area contributed by atoms with Gasteiger partial charge in [-0.25, -0.2) is 0 Å². The first-order valence-corrected chi connectivity index (χ1v) is 15.8. The van der Waals surface area contributed by atoms with E-state index in [-0.39, 0.29) is 4.32 Å². The molecule has 4 heteroatoms. The van der Waals surface area contributed by atoms with Crippen molar-refractivity contribution in [2.75, 3.05) is 11.5 Å². The molecule has 1 saturated heterocycles. The van der Waals surface area contributed by atoms with Gasteiger partial charge in [-0.3, -0.25) is 0 Å². The number of halogens is 1. The maximum absolute atomic E-state index is 8.30. The molecule has 0 radical (unpaired) electrons. The number of rotatable bonds is 4. The first-order valence-electron chi connectivity index (χ1n) is 10.5. The van der Waals surface area contributed by atoms with E-state index in [2.05, 4.69) is 135 Å². The summed E-state index contributed by atoms with van der Waals surface area (Å²) in [7, 11) is 0. The standard InChI is InChI=1S/C26H30ClPS2/c1-26(2,3)21-19-29-25(30-20-21)28(27,22-13-7-4-8-14-22,23-15-9-5-10-16-23)24-17-11-6-12-18-24/h4-18,21,25H,19-20H2,1-3H3. The molecule has 0 aromatic heterocycles. The average molecular weight is 473 g/mol. The topological polar surface area (TPSA) is 0 Å². The van der Waals surface area contributed by atoms with Crippen LogP contribution in [0.1, 0.15) is 20.8 Å². The van der Waals surface area contributed by atoms with Gasteiger partial charge in [0.2, 0.25) is 0 Å². The van der Waals surface area contributed by atoms with Crippen molar-refractivity contribution in [2.24, 2.45) is 11.3 Å². The van der Waals surface area contributed by atoms with Gasteiger partial charge in [0.25, 0.3) is 0 Å². The second-order valence-corrected chi connectivity index (χ2v) is 18.7. The summed E-state index contributed by atoms with van der Waals surface area (Å²) in [5.74, 6) is -0.241. The van der Waals surface area contributed by atoms with Crippen molar-refractivity contribution in [2.45, 2.75) is 25.1 Å². The van der Waals surface area contributed by atoms with Crippen molar-refractivity contribution in [1.82, 2.24) is 0 Å². The number of benzene rings is 3. The van der Waals surface area contributed by atoms with Gasteiger partial charge in [0.15, 0.2) is 0 Å². The van der Waals surface area contributed by atoms with Crippen molar-refractivity contribution in [3.8, 4) is 0 Å². The second-order valence-electron chi connectivity index (χ2n) is 9.12. The molecule has 0 bridgehead atoms. The van der Waals surface area contributed by atoms with E-state index in [4.69, 9.17) is 11.2 Å². The molecule has 4 rings (SSSR count). The van der Waals surface area contributed by atoms with Crippen LogP contribution < -0.4 is 15.9 Å². The second kappa shape index (κ2) is 8.55. The minimum absolute atomic E-state index is 0.281. The van der Waals surface area contributed by atoms with E-state index < -0.39 is 5.96 Å². The molecule has 1 aliphatic heterocycles. The van der Waals surface area contributed by atoms with Crippen LogP contribution in [-0.2, 0) is 0 Å². The third-order valence-corrected chi connectivity index (χ3v) is 20.0. The van der Waals surface area contributed by atoms with Crippen molar-refractivity contribution >= 4 is 56.6 Å². The summed E-state index contributed by atoms with van der Waals surface area (Å²) in [6.07, 6.45) is 0. The molecule has 3 aromatic carbocycles. The Kier molecular flexibility index (Phi) is 6.35. The summed E-state index contributed by atoms with van der Waals surface area (Å²) in [6, 6.07) is 32.6. The monoisotopic (exact) mass is 472 g/mol. The van der Waals surface area contributed by atoms with Crippen LogP contribution in [-0.4, -0.2) is 15.8 Å². The van der Waals surface area contributed by atoms with Crippen molar-refractivity contribution in [3.05, 3.63) is 91.0 Å². The van der Waals surface area contributed by atoms with Crippen LogP contribution in [0.15, 0.2) is 91.0 Å². The van der Waals surface area contributed by atoms with Crippen molar-refractivity contribution < 1.29 is 0 Å². The molecule has 0 N–H and O–H groups in total. The SMILES string of the molecule is CC(C)(C)C1CSC(P(Cl)(c2ccccc2)(c2ccccc2)c2ccccc2)SC1. The molecule has 30 heavy (non-hydrogen) atoms. The van der Waals surface area contributed by atoms with Crippen LogP contribution >= 0.6 is 40.7 Å². The van der Waals surface area contributed by atoms with Gasteiger partial charge in [0.05, 0.1) is 0 Å². The average Bonchev–Trinajstić information content (AvgIpc) is 2.80. The predicted molar refractivity (Wildman–Crippen MR) is 143 cm³/mol. The molecule has 1 aliphatic rings. The zero-order valence-corrected chi connectivity index (χ0v) is 21.2. The van der Waals surface area contributed by atoms with Gasteiger partial charge >= 0.3 is 196 Å². The number of thioether (sulfide) groups is 2. The Morgan fingerprint density at radius 3 is 1.30 bits per heavy atom. The quantitative estimate of drug-likeness (QED) is 0.371. The van der Waals surface area contributed by atoms with Crippen LogP contribution in [0.3, 0.4) is 0 Å². The van der Waals surface area contributed by atoms with Crippen molar-refractivity contribution in [3.63, 3.8) is 0 Å². The van der Waals surface area contributed by atoms with Crippen LogP contribution in [0.25, 0.3) is 0 Å². The summed E-state index contributed by atoms with van der Waals surface area (Å²) in [5, 5.41) is 3.80. The summed E-state index contributed by atoms with van der Waals surface area (Å²) in [4.78, 5) is 0. The Balaban J connectivity index is 1.96. The fourth-order valence-electron chi connectivity index (χ4n) is 4.24. The molecular formula is C26H30ClPS2. The molecule has 158 valence electrons. The first-order chi connectivity index (χ1) is 14.4.